The van der Waals surface area contributed by atoms with Crippen LogP contribution in [0.2, 0.25) is 0 Å². The molecule has 12 heteroatoms. The summed E-state index contributed by atoms with van der Waals surface area (Å²) in [6.45, 7) is 0. The van der Waals surface area contributed by atoms with E-state index in [0.717, 1.165) is 27.8 Å². The van der Waals surface area contributed by atoms with Gasteiger partial charge in [0.2, 0.25) is 11.7 Å². The molecule has 2 aromatic carbocycles. The lowest BCUT2D eigenvalue weighted by Crippen LogP contribution is -2.65. The minimum atomic E-state index is -2.65. The van der Waals surface area contributed by atoms with E-state index in [0.29, 0.717) is 11.4 Å². The molecule has 1 amide bonds. The summed E-state index contributed by atoms with van der Waals surface area (Å²) < 4.78 is 8.32. The van der Waals surface area contributed by atoms with Crippen LogP contribution >= 0.6 is 0 Å². The zero-order chi connectivity index (χ0) is 32.3. The maximum atomic E-state index is 14.3. The molecule has 2 heterocycles. The first-order valence-corrected chi connectivity index (χ1v) is 14.6. The SMILES string of the molecule is CN(C)c1cc2nc(-c3cc4ccccc4n3C)oc2c2c1CC1CC3[C@H](N(C)C)C(=O)C(C(N)=O)=C(O)[C@@]3(O)C(=O)C1=C2O. The van der Waals surface area contributed by atoms with Gasteiger partial charge in [-0.25, -0.2) is 4.98 Å². The fourth-order valence-corrected chi connectivity index (χ4v) is 7.68. The van der Waals surface area contributed by atoms with E-state index >= 15 is 0 Å². The van der Waals surface area contributed by atoms with Crippen molar-refractivity contribution in [3.8, 4) is 11.6 Å². The highest BCUT2D eigenvalue weighted by Crippen LogP contribution is 2.53. The topological polar surface area (TPSA) is 175 Å². The molecule has 2 aromatic heterocycles. The Morgan fingerprint density at radius 2 is 1.84 bits per heavy atom. The summed E-state index contributed by atoms with van der Waals surface area (Å²) in [7, 11) is 8.81. The Morgan fingerprint density at radius 3 is 2.49 bits per heavy atom. The number of Topliss-reactive ketones (excluding diaryl/α,β-unsaturated/α-hetero) is 2. The molecule has 4 atom stereocenters. The number of anilines is 1. The second kappa shape index (κ2) is 9.53. The van der Waals surface area contributed by atoms with E-state index in [4.69, 9.17) is 15.1 Å². The normalized spacial score (nSPS) is 24.8. The van der Waals surface area contributed by atoms with Crippen LogP contribution < -0.4 is 10.6 Å². The molecule has 1 saturated carbocycles. The van der Waals surface area contributed by atoms with Gasteiger partial charge in [-0.3, -0.25) is 19.3 Å². The minimum absolute atomic E-state index is 0.0638. The second-order valence-corrected chi connectivity index (χ2v) is 12.6. The monoisotopic (exact) mass is 611 g/mol. The number of para-hydroxylation sites is 1. The summed E-state index contributed by atoms with van der Waals surface area (Å²) in [5, 5.41) is 36.0. The predicted octanol–water partition coefficient (Wildman–Crippen LogP) is 2.62. The number of fused-ring (bicyclic) bond motifs is 6. The number of aliphatic hydroxyl groups is 3. The zero-order valence-corrected chi connectivity index (χ0v) is 25.5. The van der Waals surface area contributed by atoms with Gasteiger partial charge in [-0.2, -0.15) is 0 Å². The number of aliphatic hydroxyl groups excluding tert-OH is 2. The highest BCUT2D eigenvalue weighted by Gasteiger charge is 2.64. The Kier molecular flexibility index (Phi) is 6.10. The average Bonchev–Trinajstić information content (AvgIpc) is 3.55. The van der Waals surface area contributed by atoms with Gasteiger partial charge in [-0.1, -0.05) is 18.2 Å². The van der Waals surface area contributed by atoms with Crippen molar-refractivity contribution in [3.63, 3.8) is 0 Å². The van der Waals surface area contributed by atoms with Gasteiger partial charge in [0, 0.05) is 49.2 Å². The number of carbonyl (C=O) groups is 3. The quantitative estimate of drug-likeness (QED) is 0.251. The van der Waals surface area contributed by atoms with Crippen LogP contribution in [-0.2, 0) is 27.9 Å². The molecule has 3 aliphatic rings. The maximum absolute atomic E-state index is 14.3. The lowest BCUT2D eigenvalue weighted by Gasteiger charge is -2.50. The third-order valence-corrected chi connectivity index (χ3v) is 9.73. The molecule has 232 valence electrons. The summed E-state index contributed by atoms with van der Waals surface area (Å²) in [5.41, 5.74) is 6.04. The Hall–Kier alpha value is -4.94. The number of nitrogens with two attached hydrogens (primary N) is 1. The fourth-order valence-electron chi connectivity index (χ4n) is 7.68. The van der Waals surface area contributed by atoms with E-state index in [-0.39, 0.29) is 29.6 Å². The molecule has 3 aliphatic carbocycles. The number of primary amides is 1. The molecule has 4 aromatic rings. The van der Waals surface area contributed by atoms with Crippen LogP contribution in [0.4, 0.5) is 5.69 Å². The number of hydrogen-bond acceptors (Lipinski definition) is 10. The van der Waals surface area contributed by atoms with Crippen LogP contribution in [0.1, 0.15) is 17.5 Å². The van der Waals surface area contributed by atoms with Gasteiger partial charge >= 0.3 is 0 Å². The van der Waals surface area contributed by atoms with Crippen molar-refractivity contribution in [2.45, 2.75) is 24.5 Å². The Balaban J connectivity index is 1.46. The first-order valence-electron chi connectivity index (χ1n) is 14.6. The van der Waals surface area contributed by atoms with Crippen molar-refractivity contribution < 1.29 is 34.1 Å². The molecule has 1 fully saturated rings. The van der Waals surface area contributed by atoms with Gasteiger partial charge in [0.1, 0.15) is 28.3 Å². The number of aromatic nitrogens is 2. The van der Waals surface area contributed by atoms with Crippen molar-refractivity contribution >= 4 is 50.9 Å². The smallest absolute Gasteiger partial charge is 0.255 e. The number of ketones is 2. The van der Waals surface area contributed by atoms with E-state index < -0.39 is 58.0 Å². The third-order valence-electron chi connectivity index (χ3n) is 9.73. The minimum Gasteiger partial charge on any atom is -0.508 e. The molecular formula is C33H33N5O7. The zero-order valence-electron chi connectivity index (χ0n) is 25.5. The van der Waals surface area contributed by atoms with Crippen LogP contribution in [-0.4, -0.2) is 87.1 Å². The van der Waals surface area contributed by atoms with Gasteiger partial charge in [0.25, 0.3) is 5.91 Å². The van der Waals surface area contributed by atoms with Gasteiger partial charge in [0.05, 0.1) is 11.6 Å². The highest BCUT2D eigenvalue weighted by molar-refractivity contribution is 6.24. The number of likely N-dealkylation sites (N-methyl/N-ethyl adjacent to an activating group) is 1. The van der Waals surface area contributed by atoms with E-state index in [2.05, 4.69) is 0 Å². The van der Waals surface area contributed by atoms with Gasteiger partial charge in [-0.05, 0) is 56.6 Å². The van der Waals surface area contributed by atoms with E-state index in [9.17, 15) is 29.7 Å². The first-order chi connectivity index (χ1) is 21.3. The molecule has 0 saturated heterocycles. The molecule has 0 radical (unpaired) electrons. The molecule has 2 unspecified atom stereocenters. The van der Waals surface area contributed by atoms with Crippen molar-refractivity contribution in [2.75, 3.05) is 33.1 Å². The van der Waals surface area contributed by atoms with Crippen LogP contribution in [0, 0.1) is 11.8 Å². The number of carbonyl (C=O) groups excluding carboxylic acids is 3. The number of nitrogens with zero attached hydrogens (tertiary/aromatic N) is 4. The molecule has 7 rings (SSSR count). The van der Waals surface area contributed by atoms with Crippen molar-refractivity contribution in [2.24, 2.45) is 24.6 Å². The van der Waals surface area contributed by atoms with Crippen LogP contribution in [0.25, 0.3) is 39.3 Å². The number of amides is 1. The lowest BCUT2D eigenvalue weighted by molar-refractivity contribution is -0.153. The fraction of sp³-hybridized carbons (Fsp3) is 0.333. The lowest BCUT2D eigenvalue weighted by atomic mass is 9.57. The van der Waals surface area contributed by atoms with Crippen LogP contribution in [0.15, 0.2) is 57.7 Å². The summed E-state index contributed by atoms with van der Waals surface area (Å²) in [4.78, 5) is 48.1. The Morgan fingerprint density at radius 1 is 1.13 bits per heavy atom. The summed E-state index contributed by atoms with van der Waals surface area (Å²) in [6.07, 6.45) is 0.344. The van der Waals surface area contributed by atoms with Gasteiger partial charge < -0.3 is 34.9 Å². The molecule has 0 aliphatic heterocycles. The van der Waals surface area contributed by atoms with Crippen molar-refractivity contribution in [1.29, 1.82) is 0 Å². The number of hydrogen-bond donors (Lipinski definition) is 4. The van der Waals surface area contributed by atoms with Crippen LogP contribution in [0.5, 0.6) is 0 Å². The average molecular weight is 612 g/mol. The molecule has 45 heavy (non-hydrogen) atoms. The molecule has 5 N–H and O–H groups in total. The van der Waals surface area contributed by atoms with Gasteiger partial charge in [0.15, 0.2) is 17.0 Å². The predicted molar refractivity (Wildman–Crippen MR) is 166 cm³/mol. The molecule has 0 spiro atoms. The number of benzene rings is 2. The van der Waals surface area contributed by atoms with E-state index in [1.807, 2.05) is 67.0 Å². The summed E-state index contributed by atoms with van der Waals surface area (Å²) in [5.74, 6) is -5.88. The summed E-state index contributed by atoms with van der Waals surface area (Å²) in [6, 6.07) is 10.6. The number of aryl methyl sites for hydroxylation is 1. The van der Waals surface area contributed by atoms with Crippen molar-refractivity contribution in [1.82, 2.24) is 14.5 Å². The van der Waals surface area contributed by atoms with E-state index in [1.54, 1.807) is 14.1 Å². The van der Waals surface area contributed by atoms with Crippen LogP contribution in [0.3, 0.4) is 0 Å². The number of rotatable bonds is 4. The largest absolute Gasteiger partial charge is 0.508 e. The molecular weight excluding hydrogens is 578 g/mol. The second-order valence-electron chi connectivity index (χ2n) is 12.6. The third kappa shape index (κ3) is 3.72. The Labute approximate surface area is 257 Å². The first kappa shape index (κ1) is 28.8. The molecule has 12 nitrogen and oxygen atoms in total. The number of oxazole rings is 1. The standard InChI is InChI=1S/C33H33N5O7/c1-36(2)20-13-18-28(45-32(35-18)21-12-14-8-6-7-9-19(14)38(21)5)23-16(20)10-15-11-17-25(37(3)4)27(40)24(31(34)43)30(42)33(17,44)29(41)22(15)26(23)39/h6-9,12-13,15,17,25,39,42,44H,10-11H2,1-5H3,(H2,34,43)/t15?,17?,25-,33-/m0/s1. The highest BCUT2D eigenvalue weighted by atomic mass is 16.4. The van der Waals surface area contributed by atoms with E-state index in [1.165, 1.54) is 4.90 Å². The van der Waals surface area contributed by atoms with Crippen molar-refractivity contribution in [3.05, 3.63) is 64.4 Å². The Bertz CT molecular complexity index is 2070. The molecule has 0 bridgehead atoms. The maximum Gasteiger partial charge on any atom is 0.255 e. The van der Waals surface area contributed by atoms with Gasteiger partial charge in [-0.15, -0.1) is 0 Å². The summed E-state index contributed by atoms with van der Waals surface area (Å²) >= 11 is 0.